The fraction of sp³-hybridized carbons (Fsp3) is 0.667. The lowest BCUT2D eigenvalue weighted by atomic mass is 10.7. The lowest BCUT2D eigenvalue weighted by Crippen LogP contribution is -2.04. The maximum atomic E-state index is 11.2. The van der Waals surface area contributed by atoms with Crippen molar-refractivity contribution in [1.82, 2.24) is 14.8 Å². The zero-order chi connectivity index (χ0) is 8.27. The molecule has 5 heteroatoms. The van der Waals surface area contributed by atoms with Gasteiger partial charge in [0, 0.05) is 12.3 Å². The van der Waals surface area contributed by atoms with E-state index in [9.17, 15) is 4.21 Å². The van der Waals surface area contributed by atoms with E-state index < -0.39 is 10.8 Å². The van der Waals surface area contributed by atoms with Gasteiger partial charge >= 0.3 is 0 Å². The molecule has 1 heterocycles. The van der Waals surface area contributed by atoms with Crippen molar-refractivity contribution in [3.05, 3.63) is 6.33 Å². The van der Waals surface area contributed by atoms with Crippen molar-refractivity contribution in [3.63, 3.8) is 0 Å². The van der Waals surface area contributed by atoms with Gasteiger partial charge in [0.25, 0.3) is 0 Å². The molecule has 0 aliphatic rings. The first kappa shape index (κ1) is 8.39. The first-order valence-corrected chi connectivity index (χ1v) is 4.87. The van der Waals surface area contributed by atoms with E-state index in [1.54, 1.807) is 10.9 Å². The van der Waals surface area contributed by atoms with Crippen LogP contribution in [0.2, 0.25) is 0 Å². The van der Waals surface area contributed by atoms with Crippen molar-refractivity contribution in [3.8, 4) is 0 Å². The van der Waals surface area contributed by atoms with Gasteiger partial charge in [-0.2, -0.15) is 0 Å². The third kappa shape index (κ3) is 1.65. The summed E-state index contributed by atoms with van der Waals surface area (Å²) in [6, 6.07) is 0. The van der Waals surface area contributed by atoms with Crippen LogP contribution in [0, 0.1) is 0 Å². The molecule has 0 aliphatic carbocycles. The van der Waals surface area contributed by atoms with E-state index >= 15 is 0 Å². The smallest absolute Gasteiger partial charge is 0.221 e. The van der Waals surface area contributed by atoms with Crippen molar-refractivity contribution in [2.45, 2.75) is 25.5 Å². The van der Waals surface area contributed by atoms with Gasteiger partial charge in [-0.05, 0) is 6.92 Å². The van der Waals surface area contributed by atoms with Crippen LogP contribution in [0.15, 0.2) is 11.5 Å². The number of hydrogen-bond acceptors (Lipinski definition) is 3. The van der Waals surface area contributed by atoms with Crippen molar-refractivity contribution >= 4 is 10.8 Å². The van der Waals surface area contributed by atoms with Crippen LogP contribution < -0.4 is 0 Å². The van der Waals surface area contributed by atoms with E-state index in [-0.39, 0.29) is 0 Å². The highest BCUT2D eigenvalue weighted by molar-refractivity contribution is 7.84. The lowest BCUT2D eigenvalue weighted by Gasteiger charge is -1.99. The van der Waals surface area contributed by atoms with Gasteiger partial charge in [-0.1, -0.05) is 6.92 Å². The average Bonchev–Trinajstić information content (AvgIpc) is 2.50. The molecule has 11 heavy (non-hydrogen) atoms. The fourth-order valence-corrected chi connectivity index (χ4v) is 1.60. The molecule has 1 unspecified atom stereocenters. The van der Waals surface area contributed by atoms with E-state index in [4.69, 9.17) is 0 Å². The first-order valence-electron chi connectivity index (χ1n) is 3.55. The highest BCUT2D eigenvalue weighted by atomic mass is 32.2. The minimum atomic E-state index is -0.981. The summed E-state index contributed by atoms with van der Waals surface area (Å²) >= 11 is 0. The third-order valence-corrected chi connectivity index (χ3v) is 2.63. The van der Waals surface area contributed by atoms with E-state index in [0.29, 0.717) is 10.9 Å². The van der Waals surface area contributed by atoms with Crippen LogP contribution in [0.3, 0.4) is 0 Å². The molecule has 1 atom stereocenters. The number of nitrogens with zero attached hydrogens (tertiary/aromatic N) is 3. The molecule has 0 bridgehead atoms. The standard InChI is InChI=1S/C6H11N3OS/c1-3-9-5-7-8-6(9)11(10)4-2/h5H,3-4H2,1-2H3. The Morgan fingerprint density at radius 3 is 2.91 bits per heavy atom. The van der Waals surface area contributed by atoms with Gasteiger partial charge in [-0.25, -0.2) is 0 Å². The second kappa shape index (κ2) is 3.61. The molecule has 0 amide bonds. The molecule has 0 spiro atoms. The van der Waals surface area contributed by atoms with Crippen molar-refractivity contribution in [2.24, 2.45) is 0 Å². The van der Waals surface area contributed by atoms with Gasteiger partial charge in [0.05, 0.1) is 10.8 Å². The first-order chi connectivity index (χ1) is 5.29. The summed E-state index contributed by atoms with van der Waals surface area (Å²) in [4.78, 5) is 0. The number of hydrogen-bond donors (Lipinski definition) is 0. The molecule has 0 saturated carbocycles. The van der Waals surface area contributed by atoms with Gasteiger partial charge in [0.15, 0.2) is 0 Å². The van der Waals surface area contributed by atoms with Crippen LogP contribution in [0.4, 0.5) is 0 Å². The van der Waals surface area contributed by atoms with Crippen molar-refractivity contribution < 1.29 is 4.21 Å². The van der Waals surface area contributed by atoms with Gasteiger partial charge in [0.1, 0.15) is 6.33 Å². The molecule has 1 aromatic heterocycles. The number of rotatable bonds is 3. The molecule has 1 rings (SSSR count). The molecule has 1 aromatic rings. The lowest BCUT2D eigenvalue weighted by molar-refractivity contribution is 0.639. The monoisotopic (exact) mass is 173 g/mol. The Labute approximate surface area is 68.1 Å². The summed E-state index contributed by atoms with van der Waals surface area (Å²) in [5, 5.41) is 8.03. The van der Waals surface area contributed by atoms with E-state index in [1.165, 1.54) is 0 Å². The highest BCUT2D eigenvalue weighted by Gasteiger charge is 2.07. The predicted molar refractivity (Wildman–Crippen MR) is 42.6 cm³/mol. The van der Waals surface area contributed by atoms with Gasteiger partial charge in [0.2, 0.25) is 5.16 Å². The topological polar surface area (TPSA) is 47.8 Å². The third-order valence-electron chi connectivity index (χ3n) is 1.39. The Kier molecular flexibility index (Phi) is 2.76. The molecule has 62 valence electrons. The predicted octanol–water partition coefficient (Wildman–Crippen LogP) is 0.426. The second-order valence-electron chi connectivity index (χ2n) is 2.03. The summed E-state index contributed by atoms with van der Waals surface area (Å²) in [5.74, 6) is 0.596. The van der Waals surface area contributed by atoms with Crippen LogP contribution >= 0.6 is 0 Å². The minimum absolute atomic E-state index is 0.579. The SMILES string of the molecule is CCn1cnnc1S(=O)CC. The van der Waals surface area contributed by atoms with Gasteiger partial charge in [-0.3, -0.25) is 4.21 Å². The maximum absolute atomic E-state index is 11.2. The zero-order valence-electron chi connectivity index (χ0n) is 6.65. The average molecular weight is 173 g/mol. The second-order valence-corrected chi connectivity index (χ2v) is 3.67. The largest absolute Gasteiger partial charge is 0.307 e. The quantitative estimate of drug-likeness (QED) is 0.665. The van der Waals surface area contributed by atoms with Crippen LogP contribution in [-0.2, 0) is 17.3 Å². The normalized spacial score (nSPS) is 13.3. The Bertz CT molecular complexity index is 258. The Hall–Kier alpha value is -0.710. The molecule has 0 radical (unpaired) electrons. The summed E-state index contributed by atoms with van der Waals surface area (Å²) < 4.78 is 13.0. The molecule has 0 fully saturated rings. The zero-order valence-corrected chi connectivity index (χ0v) is 7.47. The fourth-order valence-electron chi connectivity index (χ4n) is 0.767. The molecule has 0 aliphatic heterocycles. The highest BCUT2D eigenvalue weighted by Crippen LogP contribution is 2.01. The summed E-state index contributed by atoms with van der Waals surface area (Å²) in [5.41, 5.74) is 0. The van der Waals surface area contributed by atoms with E-state index in [0.717, 1.165) is 6.54 Å². The number of aryl methyl sites for hydroxylation is 1. The van der Waals surface area contributed by atoms with Crippen molar-refractivity contribution in [2.75, 3.05) is 5.75 Å². The molecule has 0 aromatic carbocycles. The van der Waals surface area contributed by atoms with E-state index in [1.807, 2.05) is 13.8 Å². The Morgan fingerprint density at radius 2 is 2.36 bits per heavy atom. The Balaban J connectivity index is 2.92. The van der Waals surface area contributed by atoms with E-state index in [2.05, 4.69) is 10.2 Å². The van der Waals surface area contributed by atoms with Crippen LogP contribution in [0.25, 0.3) is 0 Å². The van der Waals surface area contributed by atoms with Crippen LogP contribution in [0.5, 0.6) is 0 Å². The molecule has 0 N–H and O–H groups in total. The molecular weight excluding hydrogens is 162 g/mol. The minimum Gasteiger partial charge on any atom is -0.307 e. The van der Waals surface area contributed by atoms with Gasteiger partial charge < -0.3 is 4.57 Å². The molecular formula is C6H11N3OS. The summed E-state index contributed by atoms with van der Waals surface area (Å²) in [7, 11) is -0.981. The molecule has 4 nitrogen and oxygen atoms in total. The number of aromatic nitrogens is 3. The molecule has 0 saturated heterocycles. The van der Waals surface area contributed by atoms with Crippen LogP contribution in [-0.4, -0.2) is 24.7 Å². The van der Waals surface area contributed by atoms with Crippen molar-refractivity contribution in [1.29, 1.82) is 0 Å². The Morgan fingerprint density at radius 1 is 1.64 bits per heavy atom. The van der Waals surface area contributed by atoms with Gasteiger partial charge in [-0.15, -0.1) is 10.2 Å². The maximum Gasteiger partial charge on any atom is 0.221 e. The van der Waals surface area contributed by atoms with Crippen LogP contribution in [0.1, 0.15) is 13.8 Å². The summed E-state index contributed by atoms with van der Waals surface area (Å²) in [6.45, 7) is 4.61. The summed E-state index contributed by atoms with van der Waals surface area (Å²) in [6.07, 6.45) is 1.60.